The molecule has 1 aliphatic rings. The van der Waals surface area contributed by atoms with Gasteiger partial charge in [0.2, 0.25) is 10.0 Å². The highest BCUT2D eigenvalue weighted by Crippen LogP contribution is 2.31. The first-order valence-electron chi connectivity index (χ1n) is 10.7. The van der Waals surface area contributed by atoms with Crippen molar-refractivity contribution in [3.8, 4) is 5.75 Å². The molecule has 1 heterocycles. The molecule has 0 aromatic heterocycles. The Kier molecular flexibility index (Phi) is 7.06. The number of benzene rings is 2. The number of hydrogen-bond donors (Lipinski definition) is 1. The quantitative estimate of drug-likeness (QED) is 0.631. The van der Waals surface area contributed by atoms with Gasteiger partial charge < -0.3 is 10.1 Å². The number of rotatable bonds is 7. The summed E-state index contributed by atoms with van der Waals surface area (Å²) in [7, 11) is -1.97. The first-order valence-corrected chi connectivity index (χ1v) is 12.1. The van der Waals surface area contributed by atoms with Gasteiger partial charge in [-0.05, 0) is 81.0 Å². The highest BCUT2D eigenvalue weighted by Gasteiger charge is 2.26. The molecular weight excluding hydrogens is 412 g/mol. The van der Waals surface area contributed by atoms with Crippen LogP contribution in [0.2, 0.25) is 0 Å². The molecule has 2 aromatic rings. The van der Waals surface area contributed by atoms with Crippen molar-refractivity contribution in [2.75, 3.05) is 25.5 Å². The van der Waals surface area contributed by atoms with Gasteiger partial charge in [0.1, 0.15) is 5.75 Å². The van der Waals surface area contributed by atoms with Crippen molar-refractivity contribution in [3.05, 3.63) is 52.1 Å². The lowest BCUT2D eigenvalue weighted by molar-refractivity contribution is 0.101. The maximum atomic E-state index is 13.1. The van der Waals surface area contributed by atoms with E-state index in [-0.39, 0.29) is 10.7 Å². The molecule has 7 heteroatoms. The van der Waals surface area contributed by atoms with Crippen molar-refractivity contribution < 1.29 is 17.9 Å². The number of sulfonamides is 1. The van der Waals surface area contributed by atoms with Crippen LogP contribution >= 0.6 is 0 Å². The third-order valence-electron chi connectivity index (χ3n) is 6.06. The van der Waals surface area contributed by atoms with E-state index in [1.54, 1.807) is 36.5 Å². The van der Waals surface area contributed by atoms with Crippen LogP contribution in [0.25, 0.3) is 0 Å². The average molecular weight is 445 g/mol. The second kappa shape index (κ2) is 9.40. The van der Waals surface area contributed by atoms with Crippen molar-refractivity contribution in [2.45, 2.75) is 58.4 Å². The van der Waals surface area contributed by atoms with Crippen molar-refractivity contribution >= 4 is 21.5 Å². The number of nitrogens with zero attached hydrogens (tertiary/aromatic N) is 1. The van der Waals surface area contributed by atoms with Crippen LogP contribution in [0.15, 0.2) is 29.2 Å². The number of ether oxygens (including phenoxy) is 1. The molecule has 1 saturated heterocycles. The van der Waals surface area contributed by atoms with Crippen LogP contribution in [-0.4, -0.2) is 38.7 Å². The molecule has 0 unspecified atom stereocenters. The van der Waals surface area contributed by atoms with Gasteiger partial charge in [-0.3, -0.25) is 4.79 Å². The topological polar surface area (TPSA) is 75.7 Å². The summed E-state index contributed by atoms with van der Waals surface area (Å²) in [6, 6.07) is 6.96. The molecule has 168 valence electrons. The Morgan fingerprint density at radius 3 is 2.35 bits per heavy atom. The number of Topliss-reactive ketones (excluding diaryl/α,β-unsaturated/α-hetero) is 1. The molecule has 0 amide bonds. The fourth-order valence-electron chi connectivity index (χ4n) is 4.46. The van der Waals surface area contributed by atoms with Gasteiger partial charge in [0.15, 0.2) is 5.78 Å². The first-order chi connectivity index (χ1) is 14.7. The standard InChI is InChI=1S/C24H32N2O4S/c1-16-13-17(2)24(19(4)27)18(3)21(16)15-25-22-14-20(9-10-23(22)30-5)31(28,29)26-11-7-6-8-12-26/h9-10,13-14,25H,6-8,11-12,15H2,1-5H3. The lowest BCUT2D eigenvalue weighted by atomic mass is 9.91. The number of carbonyl (C=O) groups excluding carboxylic acids is 1. The molecule has 1 aliphatic heterocycles. The fourth-order valence-corrected chi connectivity index (χ4v) is 6.01. The van der Waals surface area contributed by atoms with E-state index in [1.807, 2.05) is 26.8 Å². The van der Waals surface area contributed by atoms with Crippen molar-refractivity contribution in [1.82, 2.24) is 4.31 Å². The number of hydrogen-bond acceptors (Lipinski definition) is 5. The zero-order valence-electron chi connectivity index (χ0n) is 19.0. The fraction of sp³-hybridized carbons (Fsp3) is 0.458. The summed E-state index contributed by atoms with van der Waals surface area (Å²) in [6.07, 6.45) is 2.86. The smallest absolute Gasteiger partial charge is 0.243 e. The summed E-state index contributed by atoms with van der Waals surface area (Å²) in [6.45, 7) is 9.10. The van der Waals surface area contributed by atoms with Gasteiger partial charge in [0.05, 0.1) is 17.7 Å². The predicted octanol–water partition coefficient (Wildman–Crippen LogP) is 4.61. The monoisotopic (exact) mass is 444 g/mol. The zero-order valence-corrected chi connectivity index (χ0v) is 19.9. The van der Waals surface area contributed by atoms with E-state index in [9.17, 15) is 13.2 Å². The Hall–Kier alpha value is -2.38. The van der Waals surface area contributed by atoms with Gasteiger partial charge >= 0.3 is 0 Å². The van der Waals surface area contributed by atoms with E-state index in [4.69, 9.17) is 4.74 Å². The van der Waals surface area contributed by atoms with E-state index in [0.717, 1.165) is 47.1 Å². The Balaban J connectivity index is 1.93. The largest absolute Gasteiger partial charge is 0.495 e. The molecule has 1 fully saturated rings. The minimum atomic E-state index is -3.54. The number of ketones is 1. The van der Waals surface area contributed by atoms with Crippen LogP contribution in [0, 0.1) is 20.8 Å². The van der Waals surface area contributed by atoms with E-state index < -0.39 is 10.0 Å². The Morgan fingerprint density at radius 1 is 1.06 bits per heavy atom. The molecule has 0 radical (unpaired) electrons. The van der Waals surface area contributed by atoms with Crippen molar-refractivity contribution in [3.63, 3.8) is 0 Å². The van der Waals surface area contributed by atoms with E-state index in [2.05, 4.69) is 5.32 Å². The number of methoxy groups -OCH3 is 1. The van der Waals surface area contributed by atoms with Gasteiger partial charge in [-0.1, -0.05) is 12.5 Å². The molecule has 6 nitrogen and oxygen atoms in total. The maximum absolute atomic E-state index is 13.1. The lowest BCUT2D eigenvalue weighted by Crippen LogP contribution is -2.35. The summed E-state index contributed by atoms with van der Waals surface area (Å²) in [5.74, 6) is 0.621. The second-order valence-electron chi connectivity index (χ2n) is 8.23. The highest BCUT2D eigenvalue weighted by molar-refractivity contribution is 7.89. The third kappa shape index (κ3) is 4.77. The second-order valence-corrected chi connectivity index (χ2v) is 10.2. The molecule has 0 aliphatic carbocycles. The molecule has 3 rings (SSSR count). The molecule has 2 aromatic carbocycles. The molecule has 0 atom stereocenters. The van der Waals surface area contributed by atoms with Crippen LogP contribution in [-0.2, 0) is 16.6 Å². The maximum Gasteiger partial charge on any atom is 0.243 e. The highest BCUT2D eigenvalue weighted by atomic mass is 32.2. The molecule has 0 saturated carbocycles. The SMILES string of the molecule is COc1ccc(S(=O)(=O)N2CCCCC2)cc1NCc1c(C)cc(C)c(C(C)=O)c1C. The van der Waals surface area contributed by atoms with Crippen molar-refractivity contribution in [2.24, 2.45) is 0 Å². The molecule has 1 N–H and O–H groups in total. The van der Waals surface area contributed by atoms with Gasteiger partial charge in [-0.2, -0.15) is 4.31 Å². The minimum absolute atomic E-state index is 0.0449. The summed E-state index contributed by atoms with van der Waals surface area (Å²) < 4.78 is 33.2. The van der Waals surface area contributed by atoms with Gasteiger partial charge in [0.25, 0.3) is 0 Å². The van der Waals surface area contributed by atoms with E-state index in [0.29, 0.717) is 31.1 Å². The predicted molar refractivity (Wildman–Crippen MR) is 124 cm³/mol. The molecule has 31 heavy (non-hydrogen) atoms. The Labute approximate surface area is 185 Å². The van der Waals surface area contributed by atoms with Crippen LogP contribution in [0.3, 0.4) is 0 Å². The first kappa shape index (κ1) is 23.3. The van der Waals surface area contributed by atoms with Crippen molar-refractivity contribution in [1.29, 1.82) is 0 Å². The summed E-state index contributed by atoms with van der Waals surface area (Å²) >= 11 is 0. The molecule has 0 bridgehead atoms. The summed E-state index contributed by atoms with van der Waals surface area (Å²) in [5.41, 5.74) is 5.40. The normalized spacial score (nSPS) is 15.0. The van der Waals surface area contributed by atoms with E-state index >= 15 is 0 Å². The zero-order chi connectivity index (χ0) is 22.8. The van der Waals surface area contributed by atoms with Crippen LogP contribution in [0.5, 0.6) is 5.75 Å². The van der Waals surface area contributed by atoms with E-state index in [1.165, 1.54) is 0 Å². The molecular formula is C24H32N2O4S. The summed E-state index contributed by atoms with van der Waals surface area (Å²) in [5, 5.41) is 3.34. The van der Waals surface area contributed by atoms with Crippen LogP contribution in [0.1, 0.15) is 58.8 Å². The lowest BCUT2D eigenvalue weighted by Gasteiger charge is -2.26. The van der Waals surface area contributed by atoms with Gasteiger partial charge in [-0.15, -0.1) is 0 Å². The number of aryl methyl sites for hydroxylation is 2. The molecule has 0 spiro atoms. The number of piperidine rings is 1. The van der Waals surface area contributed by atoms with Crippen LogP contribution < -0.4 is 10.1 Å². The number of nitrogens with one attached hydrogen (secondary N) is 1. The number of carbonyl (C=O) groups is 1. The Bertz CT molecular complexity index is 1090. The van der Waals surface area contributed by atoms with Crippen LogP contribution in [0.4, 0.5) is 5.69 Å². The summed E-state index contributed by atoms with van der Waals surface area (Å²) in [4.78, 5) is 12.4. The third-order valence-corrected chi connectivity index (χ3v) is 7.96. The number of anilines is 1. The van der Waals surface area contributed by atoms with Gasteiger partial charge in [-0.25, -0.2) is 8.42 Å². The average Bonchev–Trinajstić information content (AvgIpc) is 2.73. The Morgan fingerprint density at radius 2 is 1.74 bits per heavy atom. The minimum Gasteiger partial charge on any atom is -0.495 e. The van der Waals surface area contributed by atoms with Gasteiger partial charge in [0, 0.05) is 25.2 Å².